The smallest absolute Gasteiger partial charge is 0.243 e. The lowest BCUT2D eigenvalue weighted by Gasteiger charge is -2.33. The fourth-order valence-electron chi connectivity index (χ4n) is 3.76. The number of nitrogens with zero attached hydrogens (tertiary/aromatic N) is 2. The molecule has 9 nitrogen and oxygen atoms in total. The van der Waals surface area contributed by atoms with Crippen LogP contribution < -0.4 is 10.5 Å². The van der Waals surface area contributed by atoms with Crippen molar-refractivity contribution in [2.75, 3.05) is 38.0 Å². The maximum atomic E-state index is 13.1. The molecule has 1 amide bonds. The van der Waals surface area contributed by atoms with E-state index in [9.17, 15) is 21.6 Å². The van der Waals surface area contributed by atoms with Crippen LogP contribution in [-0.2, 0) is 24.8 Å². The van der Waals surface area contributed by atoms with Gasteiger partial charge in [0, 0.05) is 31.9 Å². The van der Waals surface area contributed by atoms with E-state index in [4.69, 9.17) is 5.14 Å². The largest absolute Gasteiger partial charge is 0.325 e. The number of hydrogen-bond acceptors (Lipinski definition) is 6. The van der Waals surface area contributed by atoms with Gasteiger partial charge in [-0.05, 0) is 41.1 Å². The summed E-state index contributed by atoms with van der Waals surface area (Å²) in [7, 11) is -7.50. The Bertz CT molecular complexity index is 1400. The van der Waals surface area contributed by atoms with Crippen LogP contribution >= 0.6 is 0 Å². The lowest BCUT2D eigenvalue weighted by atomic mass is 10.1. The highest BCUT2D eigenvalue weighted by Gasteiger charge is 2.29. The molecule has 0 spiro atoms. The number of piperazine rings is 1. The third kappa shape index (κ3) is 5.40. The molecular formula is C22H24N4O5S2. The summed E-state index contributed by atoms with van der Waals surface area (Å²) in [6, 6.07) is 18.4. The van der Waals surface area contributed by atoms with Crippen molar-refractivity contribution in [1.29, 1.82) is 0 Å². The molecule has 1 fully saturated rings. The first kappa shape index (κ1) is 23.3. The predicted molar refractivity (Wildman–Crippen MR) is 126 cm³/mol. The number of anilines is 1. The lowest BCUT2D eigenvalue weighted by molar-refractivity contribution is -0.117. The number of rotatable bonds is 6. The number of amides is 1. The molecule has 0 saturated carbocycles. The Morgan fingerprint density at radius 1 is 0.818 bits per heavy atom. The first-order valence-corrected chi connectivity index (χ1v) is 13.3. The van der Waals surface area contributed by atoms with Gasteiger partial charge in [0.2, 0.25) is 26.0 Å². The molecule has 0 unspecified atom stereocenters. The van der Waals surface area contributed by atoms with E-state index in [0.717, 1.165) is 10.8 Å². The van der Waals surface area contributed by atoms with Crippen molar-refractivity contribution in [1.82, 2.24) is 9.21 Å². The highest BCUT2D eigenvalue weighted by Crippen LogP contribution is 2.23. The molecule has 1 aliphatic heterocycles. The van der Waals surface area contributed by atoms with E-state index in [1.165, 1.54) is 22.5 Å². The zero-order valence-corrected chi connectivity index (χ0v) is 19.3. The first-order valence-electron chi connectivity index (χ1n) is 10.3. The highest BCUT2D eigenvalue weighted by atomic mass is 32.2. The van der Waals surface area contributed by atoms with Crippen molar-refractivity contribution >= 4 is 42.4 Å². The van der Waals surface area contributed by atoms with Crippen LogP contribution in [0.1, 0.15) is 0 Å². The van der Waals surface area contributed by atoms with Crippen molar-refractivity contribution in [3.8, 4) is 0 Å². The summed E-state index contributed by atoms with van der Waals surface area (Å²) >= 11 is 0. The number of benzene rings is 3. The van der Waals surface area contributed by atoms with Crippen LogP contribution in [-0.4, -0.2) is 64.7 Å². The molecule has 0 radical (unpaired) electrons. The standard InChI is InChI=1S/C22H24N4O5S2/c23-32(28,29)20-7-3-6-19(15-20)24-22(27)16-25-10-12-26(13-11-25)33(30,31)21-9-8-17-4-1-2-5-18(17)14-21/h1-9,14-15H,10-13,16H2,(H,24,27)(H2,23,28,29). The highest BCUT2D eigenvalue weighted by molar-refractivity contribution is 7.89. The minimum atomic E-state index is -3.87. The molecule has 1 aliphatic rings. The number of fused-ring (bicyclic) bond motifs is 1. The zero-order chi connectivity index (χ0) is 23.6. The summed E-state index contributed by atoms with van der Waals surface area (Å²) in [5, 5.41) is 9.61. The van der Waals surface area contributed by atoms with Crippen LogP contribution in [0, 0.1) is 0 Å². The van der Waals surface area contributed by atoms with Gasteiger partial charge in [-0.1, -0.05) is 36.4 Å². The maximum absolute atomic E-state index is 13.1. The first-order chi connectivity index (χ1) is 15.6. The minimum Gasteiger partial charge on any atom is -0.325 e. The maximum Gasteiger partial charge on any atom is 0.243 e. The Labute approximate surface area is 192 Å². The van der Waals surface area contributed by atoms with Crippen molar-refractivity contribution in [2.24, 2.45) is 5.14 Å². The molecule has 3 aromatic carbocycles. The number of sulfonamides is 2. The van der Waals surface area contributed by atoms with E-state index < -0.39 is 20.0 Å². The van der Waals surface area contributed by atoms with Gasteiger partial charge in [0.05, 0.1) is 16.3 Å². The van der Waals surface area contributed by atoms with Crippen LogP contribution in [0.5, 0.6) is 0 Å². The normalized spacial score (nSPS) is 16.0. The summed E-state index contributed by atoms with van der Waals surface area (Å²) in [5.41, 5.74) is 0.323. The molecule has 0 atom stereocenters. The number of hydrogen-bond donors (Lipinski definition) is 2. The summed E-state index contributed by atoms with van der Waals surface area (Å²) < 4.78 is 50.5. The van der Waals surface area contributed by atoms with Crippen LogP contribution in [0.2, 0.25) is 0 Å². The van der Waals surface area contributed by atoms with Gasteiger partial charge < -0.3 is 5.32 Å². The number of nitrogens with two attached hydrogens (primary N) is 1. The third-order valence-electron chi connectivity index (χ3n) is 5.50. The predicted octanol–water partition coefficient (Wildman–Crippen LogP) is 1.43. The Morgan fingerprint density at radius 2 is 1.52 bits per heavy atom. The molecular weight excluding hydrogens is 464 g/mol. The summed E-state index contributed by atoms with van der Waals surface area (Å²) in [6.45, 7) is 1.39. The fraction of sp³-hybridized carbons (Fsp3) is 0.227. The average molecular weight is 489 g/mol. The van der Waals surface area contributed by atoms with Crippen molar-refractivity contribution in [3.63, 3.8) is 0 Å². The number of carbonyl (C=O) groups excluding carboxylic acids is 1. The monoisotopic (exact) mass is 488 g/mol. The molecule has 4 rings (SSSR count). The number of nitrogens with one attached hydrogen (secondary N) is 1. The van der Waals surface area contributed by atoms with Gasteiger partial charge in [0.15, 0.2) is 0 Å². The molecule has 0 aliphatic carbocycles. The van der Waals surface area contributed by atoms with Crippen molar-refractivity contribution < 1.29 is 21.6 Å². The Morgan fingerprint density at radius 3 is 2.21 bits per heavy atom. The van der Waals surface area contributed by atoms with Gasteiger partial charge in [0.25, 0.3) is 0 Å². The molecule has 3 aromatic rings. The Kier molecular flexibility index (Phi) is 6.50. The molecule has 1 saturated heterocycles. The molecule has 11 heteroatoms. The van der Waals surface area contributed by atoms with E-state index in [2.05, 4.69) is 5.32 Å². The van der Waals surface area contributed by atoms with Crippen LogP contribution in [0.15, 0.2) is 76.5 Å². The second-order valence-corrected chi connectivity index (χ2v) is 11.3. The lowest BCUT2D eigenvalue weighted by Crippen LogP contribution is -2.50. The van der Waals surface area contributed by atoms with Gasteiger partial charge in [-0.25, -0.2) is 22.0 Å². The van der Waals surface area contributed by atoms with E-state index in [1.807, 2.05) is 29.2 Å². The topological polar surface area (TPSA) is 130 Å². The van der Waals surface area contributed by atoms with Crippen LogP contribution in [0.4, 0.5) is 5.69 Å². The quantitative estimate of drug-likeness (QED) is 0.540. The van der Waals surface area contributed by atoms with Gasteiger partial charge in [-0.2, -0.15) is 4.31 Å². The van der Waals surface area contributed by atoms with Gasteiger partial charge in [-0.3, -0.25) is 9.69 Å². The van der Waals surface area contributed by atoms with Gasteiger partial charge in [-0.15, -0.1) is 0 Å². The Balaban J connectivity index is 1.36. The van der Waals surface area contributed by atoms with Crippen LogP contribution in [0.3, 0.4) is 0 Å². The summed E-state index contributed by atoms with van der Waals surface area (Å²) in [5.74, 6) is -0.326. The van der Waals surface area contributed by atoms with E-state index >= 15 is 0 Å². The number of carbonyl (C=O) groups is 1. The fourth-order valence-corrected chi connectivity index (χ4v) is 5.78. The van der Waals surface area contributed by atoms with E-state index in [1.54, 1.807) is 24.3 Å². The zero-order valence-electron chi connectivity index (χ0n) is 17.7. The molecule has 0 aromatic heterocycles. The van der Waals surface area contributed by atoms with Gasteiger partial charge in [0.1, 0.15) is 0 Å². The summed E-state index contributed by atoms with van der Waals surface area (Å²) in [6.07, 6.45) is 0. The summed E-state index contributed by atoms with van der Waals surface area (Å²) in [4.78, 5) is 14.4. The van der Waals surface area contributed by atoms with Gasteiger partial charge >= 0.3 is 0 Å². The second kappa shape index (κ2) is 9.20. The molecule has 174 valence electrons. The average Bonchev–Trinajstić information content (AvgIpc) is 2.78. The molecule has 33 heavy (non-hydrogen) atoms. The SMILES string of the molecule is NS(=O)(=O)c1cccc(NC(=O)CN2CCN(S(=O)(=O)c3ccc4ccccc4c3)CC2)c1. The molecule has 3 N–H and O–H groups in total. The van der Waals surface area contributed by atoms with Crippen molar-refractivity contribution in [2.45, 2.75) is 9.79 Å². The van der Waals surface area contributed by atoms with Crippen LogP contribution in [0.25, 0.3) is 10.8 Å². The molecule has 0 bridgehead atoms. The van der Waals surface area contributed by atoms with Crippen molar-refractivity contribution in [3.05, 3.63) is 66.7 Å². The minimum absolute atomic E-state index is 0.0590. The van der Waals surface area contributed by atoms with E-state index in [0.29, 0.717) is 18.8 Å². The second-order valence-electron chi connectivity index (χ2n) is 7.81. The number of primary sulfonamides is 1. The van der Waals surface area contributed by atoms with E-state index in [-0.39, 0.29) is 35.3 Å². The third-order valence-corrected chi connectivity index (χ3v) is 8.31. The Hall–Kier alpha value is -2.83. The molecule has 1 heterocycles.